The van der Waals surface area contributed by atoms with Crippen LogP contribution >= 0.6 is 0 Å². The fraction of sp³-hybridized carbons (Fsp3) is 0.391. The minimum absolute atomic E-state index is 0.113. The van der Waals surface area contributed by atoms with Crippen molar-refractivity contribution in [3.05, 3.63) is 59.7 Å². The normalized spacial score (nSPS) is 16.4. The number of hydrogen-bond donors (Lipinski definition) is 2. The zero-order valence-corrected chi connectivity index (χ0v) is 17.7. The molecule has 0 radical (unpaired) electrons. The van der Waals surface area contributed by atoms with E-state index in [1.807, 2.05) is 31.2 Å². The Bertz CT molecular complexity index is 915. The Balaban J connectivity index is 1.42. The Morgan fingerprint density at radius 1 is 1.09 bits per heavy atom. The van der Waals surface area contributed by atoms with Gasteiger partial charge in [-0.15, -0.1) is 0 Å². The van der Waals surface area contributed by atoms with Gasteiger partial charge in [0.25, 0.3) is 5.91 Å². The molecule has 32 heavy (non-hydrogen) atoms. The van der Waals surface area contributed by atoms with E-state index in [2.05, 4.69) is 10.6 Å². The van der Waals surface area contributed by atoms with E-state index in [9.17, 15) is 22.8 Å². The Hall–Kier alpha value is -3.23. The summed E-state index contributed by atoms with van der Waals surface area (Å²) in [6.45, 7) is 3.22. The van der Waals surface area contributed by atoms with E-state index < -0.39 is 11.7 Å². The van der Waals surface area contributed by atoms with Crippen molar-refractivity contribution in [1.82, 2.24) is 10.2 Å². The van der Waals surface area contributed by atoms with E-state index in [-0.39, 0.29) is 30.2 Å². The van der Waals surface area contributed by atoms with Crippen molar-refractivity contribution in [1.29, 1.82) is 0 Å². The molecule has 3 amide bonds. The van der Waals surface area contributed by atoms with Crippen LogP contribution in [0.3, 0.4) is 0 Å². The van der Waals surface area contributed by atoms with Crippen molar-refractivity contribution in [2.75, 3.05) is 31.6 Å². The van der Waals surface area contributed by atoms with Crippen LogP contribution in [0.1, 0.15) is 24.0 Å². The molecule has 9 heteroatoms. The van der Waals surface area contributed by atoms with Crippen molar-refractivity contribution in [3.63, 3.8) is 0 Å². The number of amides is 3. The second-order valence-electron chi connectivity index (χ2n) is 7.86. The number of nitrogens with zero attached hydrogens (tertiary/aromatic N) is 1. The number of carbonyl (C=O) groups excluding carboxylic acids is 2. The Morgan fingerprint density at radius 3 is 2.44 bits per heavy atom. The van der Waals surface area contributed by atoms with E-state index >= 15 is 0 Å². The van der Waals surface area contributed by atoms with E-state index in [1.54, 1.807) is 4.90 Å². The molecule has 1 fully saturated rings. The van der Waals surface area contributed by atoms with Gasteiger partial charge in [0.2, 0.25) is 0 Å². The maximum absolute atomic E-state index is 12.6. The molecule has 172 valence electrons. The summed E-state index contributed by atoms with van der Waals surface area (Å²) in [6, 6.07) is 11.4. The summed E-state index contributed by atoms with van der Waals surface area (Å²) < 4.78 is 43.2. The number of piperidine rings is 1. The summed E-state index contributed by atoms with van der Waals surface area (Å²) in [6.07, 6.45) is -2.73. The lowest BCUT2D eigenvalue weighted by Gasteiger charge is -2.32. The number of likely N-dealkylation sites (tertiary alicyclic amines) is 1. The van der Waals surface area contributed by atoms with E-state index in [0.29, 0.717) is 25.3 Å². The van der Waals surface area contributed by atoms with Crippen LogP contribution in [-0.4, -0.2) is 43.1 Å². The zero-order valence-electron chi connectivity index (χ0n) is 17.7. The largest absolute Gasteiger partial charge is 0.484 e. The molecule has 0 aromatic heterocycles. The third-order valence-electron chi connectivity index (χ3n) is 5.28. The quantitative estimate of drug-likeness (QED) is 0.685. The molecule has 2 aromatic rings. The van der Waals surface area contributed by atoms with Crippen LogP contribution in [0.15, 0.2) is 48.5 Å². The lowest BCUT2D eigenvalue weighted by atomic mass is 9.98. The maximum atomic E-state index is 12.6. The van der Waals surface area contributed by atoms with Gasteiger partial charge in [-0.05, 0) is 62.1 Å². The molecular formula is C23H26F3N3O3. The van der Waals surface area contributed by atoms with E-state index in [4.69, 9.17) is 4.74 Å². The van der Waals surface area contributed by atoms with Crippen molar-refractivity contribution < 1.29 is 27.5 Å². The van der Waals surface area contributed by atoms with Crippen LogP contribution in [0.25, 0.3) is 0 Å². The molecular weight excluding hydrogens is 423 g/mol. The van der Waals surface area contributed by atoms with Crippen molar-refractivity contribution >= 4 is 17.6 Å². The number of rotatable bonds is 6. The van der Waals surface area contributed by atoms with Crippen molar-refractivity contribution in [2.45, 2.75) is 25.9 Å². The van der Waals surface area contributed by atoms with E-state index in [1.165, 1.54) is 12.1 Å². The molecule has 0 bridgehead atoms. The summed E-state index contributed by atoms with van der Waals surface area (Å²) in [5.74, 6) is 0.0793. The third kappa shape index (κ3) is 6.90. The molecule has 0 aliphatic carbocycles. The van der Waals surface area contributed by atoms with Crippen LogP contribution in [0, 0.1) is 12.8 Å². The minimum Gasteiger partial charge on any atom is -0.484 e. The topological polar surface area (TPSA) is 70.7 Å². The standard InChI is InChI=1S/C23H26F3N3O3/c1-16-4-8-19(9-5-16)28-22(31)27-13-17-3-2-12-29(14-17)21(30)15-32-20-10-6-18(7-11-20)23(24,25)26/h4-11,17H,2-3,12-15H2,1H3,(H2,27,28,31). The van der Waals surface area contributed by atoms with Gasteiger partial charge in [-0.3, -0.25) is 4.79 Å². The molecule has 6 nitrogen and oxygen atoms in total. The van der Waals surface area contributed by atoms with Gasteiger partial charge in [0.15, 0.2) is 6.61 Å². The summed E-state index contributed by atoms with van der Waals surface area (Å²) in [4.78, 5) is 26.2. The number of benzene rings is 2. The molecule has 1 heterocycles. The van der Waals surface area contributed by atoms with Crippen LogP contribution in [0.4, 0.5) is 23.7 Å². The van der Waals surface area contributed by atoms with Gasteiger partial charge >= 0.3 is 12.2 Å². The van der Waals surface area contributed by atoms with Crippen LogP contribution < -0.4 is 15.4 Å². The van der Waals surface area contributed by atoms with Crippen molar-refractivity contribution in [3.8, 4) is 5.75 Å². The second kappa shape index (κ2) is 10.4. The smallest absolute Gasteiger partial charge is 0.416 e. The highest BCUT2D eigenvalue weighted by atomic mass is 19.4. The number of urea groups is 1. The number of carbonyl (C=O) groups is 2. The number of hydrogen-bond acceptors (Lipinski definition) is 3. The predicted molar refractivity (Wildman–Crippen MR) is 114 cm³/mol. The highest BCUT2D eigenvalue weighted by Crippen LogP contribution is 2.30. The highest BCUT2D eigenvalue weighted by molar-refractivity contribution is 5.89. The lowest BCUT2D eigenvalue weighted by molar-refractivity contribution is -0.138. The average molecular weight is 449 g/mol. The maximum Gasteiger partial charge on any atom is 0.416 e. The van der Waals surface area contributed by atoms with Crippen LogP contribution in [0.5, 0.6) is 5.75 Å². The first-order valence-corrected chi connectivity index (χ1v) is 10.4. The monoisotopic (exact) mass is 449 g/mol. The van der Waals surface area contributed by atoms with Gasteiger partial charge in [-0.1, -0.05) is 17.7 Å². The van der Waals surface area contributed by atoms with Crippen LogP contribution in [-0.2, 0) is 11.0 Å². The van der Waals surface area contributed by atoms with Gasteiger partial charge in [0.05, 0.1) is 5.56 Å². The number of ether oxygens (including phenoxy) is 1. The minimum atomic E-state index is -4.41. The number of halogens is 3. The van der Waals surface area contributed by atoms with Gasteiger partial charge in [0.1, 0.15) is 5.75 Å². The summed E-state index contributed by atoms with van der Waals surface area (Å²) in [5, 5.41) is 5.61. The Morgan fingerprint density at radius 2 is 1.78 bits per heavy atom. The fourth-order valence-corrected chi connectivity index (χ4v) is 3.48. The summed E-state index contributed by atoms with van der Waals surface area (Å²) in [5.41, 5.74) is 1.04. The van der Waals surface area contributed by atoms with Gasteiger partial charge in [-0.25, -0.2) is 4.79 Å². The van der Waals surface area contributed by atoms with Gasteiger partial charge in [-0.2, -0.15) is 13.2 Å². The number of alkyl halides is 3. The first kappa shape index (κ1) is 23.4. The molecule has 1 atom stereocenters. The summed E-state index contributed by atoms with van der Waals surface area (Å²) in [7, 11) is 0. The number of anilines is 1. The molecule has 1 unspecified atom stereocenters. The SMILES string of the molecule is Cc1ccc(NC(=O)NCC2CCCN(C(=O)COc3ccc(C(F)(F)F)cc3)C2)cc1. The van der Waals surface area contributed by atoms with Crippen LogP contribution in [0.2, 0.25) is 0 Å². The lowest BCUT2D eigenvalue weighted by Crippen LogP contribution is -2.45. The molecule has 0 saturated carbocycles. The molecule has 1 aliphatic heterocycles. The predicted octanol–water partition coefficient (Wildman–Crippen LogP) is 4.45. The highest BCUT2D eigenvalue weighted by Gasteiger charge is 2.30. The molecule has 1 saturated heterocycles. The van der Waals surface area contributed by atoms with Gasteiger partial charge < -0.3 is 20.3 Å². The first-order valence-electron chi connectivity index (χ1n) is 10.4. The molecule has 2 aromatic carbocycles. The fourth-order valence-electron chi connectivity index (χ4n) is 3.48. The number of aryl methyl sites for hydroxylation is 1. The Kier molecular flexibility index (Phi) is 7.61. The molecule has 2 N–H and O–H groups in total. The second-order valence-corrected chi connectivity index (χ2v) is 7.86. The van der Waals surface area contributed by atoms with Gasteiger partial charge in [0, 0.05) is 25.3 Å². The summed E-state index contributed by atoms with van der Waals surface area (Å²) >= 11 is 0. The zero-order chi connectivity index (χ0) is 23.1. The average Bonchev–Trinajstić information content (AvgIpc) is 2.77. The Labute approximate surface area is 184 Å². The van der Waals surface area contributed by atoms with E-state index in [0.717, 1.165) is 30.5 Å². The third-order valence-corrected chi connectivity index (χ3v) is 5.28. The molecule has 1 aliphatic rings. The van der Waals surface area contributed by atoms with Crippen molar-refractivity contribution in [2.24, 2.45) is 5.92 Å². The first-order chi connectivity index (χ1) is 15.2. The molecule has 3 rings (SSSR count). The number of nitrogens with one attached hydrogen (secondary N) is 2. The molecule has 0 spiro atoms.